The summed E-state index contributed by atoms with van der Waals surface area (Å²) < 4.78 is 44.4. The molecule has 1 aromatic heterocycles. The molecule has 0 fully saturated rings. The topological polar surface area (TPSA) is 34.1 Å². The first kappa shape index (κ1) is 15.9. The van der Waals surface area contributed by atoms with Crippen LogP contribution in [0.15, 0.2) is 34.8 Å². The Morgan fingerprint density at radius 3 is 2.52 bits per heavy atom. The minimum atomic E-state index is -4.48. The highest BCUT2D eigenvalue weighted by molar-refractivity contribution is 9.10. The lowest BCUT2D eigenvalue weighted by Crippen LogP contribution is -2.07. The number of ether oxygens (including phenoxy) is 1. The smallest absolute Gasteiger partial charge is 0.416 e. The Kier molecular flexibility index (Phi) is 4.63. The molecule has 21 heavy (non-hydrogen) atoms. The molecule has 1 aromatic carbocycles. The molecule has 0 saturated heterocycles. The van der Waals surface area contributed by atoms with Crippen LogP contribution < -0.4 is 10.1 Å². The van der Waals surface area contributed by atoms with Crippen LogP contribution in [0.4, 0.5) is 19.0 Å². The lowest BCUT2D eigenvalue weighted by Gasteiger charge is -2.12. The van der Waals surface area contributed by atoms with Gasteiger partial charge in [0.05, 0.1) is 10.0 Å². The molecule has 2 aromatic rings. The number of anilines is 1. The SMILES string of the molecule is CNc1cc(C(F)(F)F)cc(Oc2ccc(Cl)cc2Br)n1. The summed E-state index contributed by atoms with van der Waals surface area (Å²) in [6, 6.07) is 6.41. The first-order chi connectivity index (χ1) is 9.79. The maximum absolute atomic E-state index is 12.8. The minimum absolute atomic E-state index is 0.0601. The van der Waals surface area contributed by atoms with Crippen molar-refractivity contribution in [3.63, 3.8) is 0 Å². The van der Waals surface area contributed by atoms with Crippen molar-refractivity contribution in [2.24, 2.45) is 0 Å². The van der Waals surface area contributed by atoms with E-state index in [1.54, 1.807) is 12.1 Å². The third-order valence-electron chi connectivity index (χ3n) is 2.49. The van der Waals surface area contributed by atoms with Crippen LogP contribution in [0.3, 0.4) is 0 Å². The van der Waals surface area contributed by atoms with Gasteiger partial charge in [-0.1, -0.05) is 11.6 Å². The molecule has 112 valence electrons. The number of nitrogens with zero attached hydrogens (tertiary/aromatic N) is 1. The Morgan fingerprint density at radius 2 is 1.95 bits per heavy atom. The van der Waals surface area contributed by atoms with Crippen LogP contribution in [0.25, 0.3) is 0 Å². The van der Waals surface area contributed by atoms with Gasteiger partial charge in [-0.3, -0.25) is 0 Å². The molecule has 3 nitrogen and oxygen atoms in total. The highest BCUT2D eigenvalue weighted by Gasteiger charge is 2.32. The van der Waals surface area contributed by atoms with Gasteiger partial charge in [0.15, 0.2) is 0 Å². The van der Waals surface area contributed by atoms with Crippen LogP contribution in [0.5, 0.6) is 11.6 Å². The van der Waals surface area contributed by atoms with Gasteiger partial charge in [-0.05, 0) is 40.2 Å². The van der Waals surface area contributed by atoms with E-state index >= 15 is 0 Å². The quantitative estimate of drug-likeness (QED) is 0.778. The number of pyridine rings is 1. The fraction of sp³-hybridized carbons (Fsp3) is 0.154. The average molecular weight is 382 g/mol. The maximum atomic E-state index is 12.8. The van der Waals surface area contributed by atoms with Crippen LogP contribution in [-0.2, 0) is 6.18 Å². The summed E-state index contributed by atoms with van der Waals surface area (Å²) in [6.45, 7) is 0. The van der Waals surface area contributed by atoms with Crippen molar-refractivity contribution in [2.45, 2.75) is 6.18 Å². The second-order valence-electron chi connectivity index (χ2n) is 4.00. The molecule has 0 spiro atoms. The van der Waals surface area contributed by atoms with Crippen molar-refractivity contribution in [1.29, 1.82) is 0 Å². The Morgan fingerprint density at radius 1 is 1.24 bits per heavy atom. The highest BCUT2D eigenvalue weighted by atomic mass is 79.9. The second kappa shape index (κ2) is 6.11. The van der Waals surface area contributed by atoms with Gasteiger partial charge in [0.1, 0.15) is 11.6 Å². The van der Waals surface area contributed by atoms with Gasteiger partial charge in [0.25, 0.3) is 0 Å². The largest absolute Gasteiger partial charge is 0.438 e. The number of benzene rings is 1. The van der Waals surface area contributed by atoms with E-state index in [1.165, 1.54) is 13.1 Å². The zero-order valence-electron chi connectivity index (χ0n) is 10.6. The summed E-state index contributed by atoms with van der Waals surface area (Å²) in [5.74, 6) is 0.204. The molecule has 0 bridgehead atoms. The molecule has 0 saturated carbocycles. The molecule has 0 unspecified atom stereocenters. The standard InChI is InChI=1S/C13H9BrClF3N2O/c1-19-11-4-7(13(16,17)18)5-12(20-11)21-10-3-2-8(15)6-9(10)14/h2-6H,1H3,(H,19,20). The lowest BCUT2D eigenvalue weighted by molar-refractivity contribution is -0.137. The van der Waals surface area contributed by atoms with Crippen LogP contribution in [0.2, 0.25) is 5.02 Å². The molecular weight excluding hydrogens is 373 g/mol. The monoisotopic (exact) mass is 380 g/mol. The summed E-state index contributed by atoms with van der Waals surface area (Å²) in [5.41, 5.74) is -0.845. The normalized spacial score (nSPS) is 11.3. The number of nitrogens with one attached hydrogen (secondary N) is 1. The summed E-state index contributed by atoms with van der Waals surface area (Å²) >= 11 is 9.02. The molecule has 0 atom stereocenters. The van der Waals surface area contributed by atoms with Gasteiger partial charge in [-0.15, -0.1) is 0 Å². The van der Waals surface area contributed by atoms with Gasteiger partial charge < -0.3 is 10.1 Å². The van der Waals surface area contributed by atoms with Crippen molar-refractivity contribution in [3.8, 4) is 11.6 Å². The molecule has 2 rings (SSSR count). The first-order valence-electron chi connectivity index (χ1n) is 5.69. The van der Waals surface area contributed by atoms with E-state index in [9.17, 15) is 13.2 Å². The van der Waals surface area contributed by atoms with E-state index in [1.807, 2.05) is 0 Å². The van der Waals surface area contributed by atoms with E-state index < -0.39 is 11.7 Å². The Hall–Kier alpha value is -1.47. The second-order valence-corrected chi connectivity index (χ2v) is 5.29. The van der Waals surface area contributed by atoms with Crippen molar-refractivity contribution in [1.82, 2.24) is 4.98 Å². The zero-order valence-corrected chi connectivity index (χ0v) is 13.0. The van der Waals surface area contributed by atoms with Gasteiger partial charge >= 0.3 is 6.18 Å². The number of alkyl halides is 3. The van der Waals surface area contributed by atoms with Crippen LogP contribution >= 0.6 is 27.5 Å². The van der Waals surface area contributed by atoms with Gasteiger partial charge in [0, 0.05) is 18.1 Å². The molecule has 1 heterocycles. The minimum Gasteiger partial charge on any atom is -0.438 e. The predicted octanol–water partition coefficient (Wildman–Crippen LogP) is 5.35. The van der Waals surface area contributed by atoms with Gasteiger partial charge in [0.2, 0.25) is 5.88 Å². The van der Waals surface area contributed by atoms with Crippen LogP contribution in [-0.4, -0.2) is 12.0 Å². The zero-order chi connectivity index (χ0) is 15.6. The Balaban J connectivity index is 2.39. The molecular formula is C13H9BrClF3N2O. The Labute approximate surface area is 132 Å². The van der Waals surface area contributed by atoms with E-state index in [4.69, 9.17) is 16.3 Å². The fourth-order valence-electron chi connectivity index (χ4n) is 1.52. The summed E-state index contributed by atoms with van der Waals surface area (Å²) in [5, 5.41) is 3.04. The number of halogens is 5. The molecule has 0 aliphatic heterocycles. The maximum Gasteiger partial charge on any atom is 0.416 e. The molecule has 0 aliphatic carbocycles. The average Bonchev–Trinajstić information content (AvgIpc) is 2.40. The number of rotatable bonds is 3. The van der Waals surface area contributed by atoms with Crippen molar-refractivity contribution < 1.29 is 17.9 Å². The van der Waals surface area contributed by atoms with E-state index in [2.05, 4.69) is 26.2 Å². The predicted molar refractivity (Wildman–Crippen MR) is 78.0 cm³/mol. The number of hydrogen-bond donors (Lipinski definition) is 1. The van der Waals surface area contributed by atoms with E-state index in [0.717, 1.165) is 12.1 Å². The molecule has 0 radical (unpaired) electrons. The molecule has 0 amide bonds. The van der Waals surface area contributed by atoms with Crippen LogP contribution in [0, 0.1) is 0 Å². The van der Waals surface area contributed by atoms with Crippen molar-refractivity contribution in [2.75, 3.05) is 12.4 Å². The molecule has 8 heteroatoms. The summed E-state index contributed by atoms with van der Waals surface area (Å²) in [4.78, 5) is 3.94. The fourth-order valence-corrected chi connectivity index (χ4v) is 2.28. The first-order valence-corrected chi connectivity index (χ1v) is 6.86. The van der Waals surface area contributed by atoms with Gasteiger partial charge in [-0.2, -0.15) is 18.2 Å². The Bertz CT molecular complexity index is 664. The molecule has 1 N–H and O–H groups in total. The van der Waals surface area contributed by atoms with Gasteiger partial charge in [-0.25, -0.2) is 0 Å². The number of hydrogen-bond acceptors (Lipinski definition) is 3. The summed E-state index contributed by atoms with van der Waals surface area (Å²) in [6.07, 6.45) is -4.48. The van der Waals surface area contributed by atoms with E-state index in [-0.39, 0.29) is 11.7 Å². The van der Waals surface area contributed by atoms with Crippen LogP contribution in [0.1, 0.15) is 5.56 Å². The number of aromatic nitrogens is 1. The molecule has 0 aliphatic rings. The van der Waals surface area contributed by atoms with Crippen molar-refractivity contribution >= 4 is 33.3 Å². The highest BCUT2D eigenvalue weighted by Crippen LogP contribution is 2.35. The lowest BCUT2D eigenvalue weighted by atomic mass is 10.2. The third kappa shape index (κ3) is 4.01. The van der Waals surface area contributed by atoms with Crippen molar-refractivity contribution in [3.05, 3.63) is 45.4 Å². The summed E-state index contributed by atoms with van der Waals surface area (Å²) in [7, 11) is 1.48. The third-order valence-corrected chi connectivity index (χ3v) is 3.35. The van der Waals surface area contributed by atoms with E-state index in [0.29, 0.717) is 15.2 Å².